The van der Waals surface area contributed by atoms with Gasteiger partial charge < -0.3 is 5.11 Å². The summed E-state index contributed by atoms with van der Waals surface area (Å²) in [7, 11) is -2.16. The van der Waals surface area contributed by atoms with Gasteiger partial charge in [-0.2, -0.15) is 16.1 Å². The molecule has 0 fully saturated rings. The van der Waals surface area contributed by atoms with E-state index >= 15 is 0 Å². The van der Waals surface area contributed by atoms with E-state index < -0.39 is 22.4 Å². The highest BCUT2D eigenvalue weighted by Crippen LogP contribution is 2.24. The van der Waals surface area contributed by atoms with Crippen LogP contribution in [-0.4, -0.2) is 42.9 Å². The van der Waals surface area contributed by atoms with Crippen LogP contribution in [0.4, 0.5) is 4.39 Å². The molecule has 0 aliphatic heterocycles. The summed E-state index contributed by atoms with van der Waals surface area (Å²) >= 11 is 1.58. The number of hydrogen-bond acceptors (Lipinski definition) is 4. The Morgan fingerprint density at radius 2 is 2.05 bits per heavy atom. The third-order valence-electron chi connectivity index (χ3n) is 3.50. The van der Waals surface area contributed by atoms with Gasteiger partial charge in [-0.05, 0) is 37.3 Å². The van der Waals surface area contributed by atoms with Crippen LogP contribution in [0.3, 0.4) is 0 Å². The van der Waals surface area contributed by atoms with Gasteiger partial charge in [-0.25, -0.2) is 12.8 Å². The fourth-order valence-corrected chi connectivity index (χ4v) is 4.61. The Morgan fingerprint density at radius 1 is 1.43 bits per heavy atom. The lowest BCUT2D eigenvalue weighted by molar-refractivity contribution is 0.275. The molecule has 4 nitrogen and oxygen atoms in total. The van der Waals surface area contributed by atoms with Crippen LogP contribution in [0.1, 0.15) is 24.5 Å². The minimum absolute atomic E-state index is 0.000102. The predicted octanol–water partition coefficient (Wildman–Crippen LogP) is 2.39. The molecule has 1 aromatic carbocycles. The number of hydrogen-bond donors (Lipinski definition) is 1. The summed E-state index contributed by atoms with van der Waals surface area (Å²) < 4.78 is 40.4. The largest absolute Gasteiger partial charge is 0.392 e. The average molecular weight is 335 g/mol. The summed E-state index contributed by atoms with van der Waals surface area (Å²) in [5.41, 5.74) is 0.214. The minimum atomic E-state index is -3.70. The van der Waals surface area contributed by atoms with Gasteiger partial charge in [-0.1, -0.05) is 6.92 Å². The maximum atomic E-state index is 13.7. The van der Waals surface area contributed by atoms with Crippen molar-refractivity contribution in [2.45, 2.75) is 37.8 Å². The number of aliphatic hydroxyl groups excluding tert-OH is 1. The van der Waals surface area contributed by atoms with Gasteiger partial charge >= 0.3 is 0 Å². The Balaban J connectivity index is 3.27. The summed E-state index contributed by atoms with van der Waals surface area (Å²) in [6.07, 6.45) is 2.62. The molecule has 21 heavy (non-hydrogen) atoms. The van der Waals surface area contributed by atoms with Gasteiger partial charge in [0, 0.05) is 24.4 Å². The van der Waals surface area contributed by atoms with E-state index in [4.69, 9.17) is 5.11 Å². The van der Waals surface area contributed by atoms with Gasteiger partial charge in [0.05, 0.1) is 11.5 Å². The molecule has 0 saturated heterocycles. The van der Waals surface area contributed by atoms with Crippen molar-refractivity contribution in [3.8, 4) is 0 Å². The van der Waals surface area contributed by atoms with Crippen molar-refractivity contribution in [1.82, 2.24) is 4.31 Å². The smallest absolute Gasteiger partial charge is 0.243 e. The molecule has 1 atom stereocenters. The standard InChI is InChI=1S/C14H22FNO3S2/c1-5-12(9-20-4)16(3)21(18,19)13-6-10(2)14(15)11(7-13)8-17/h6-7,12,17H,5,8-9H2,1-4H3. The number of aryl methyl sites for hydroxylation is 1. The number of sulfonamides is 1. The lowest BCUT2D eigenvalue weighted by Crippen LogP contribution is -2.38. The molecule has 1 aromatic rings. The summed E-state index contributed by atoms with van der Waals surface area (Å²) in [5.74, 6) is 0.134. The Kier molecular flexibility index (Phi) is 6.65. The third-order valence-corrected chi connectivity index (χ3v) is 6.10. The maximum Gasteiger partial charge on any atom is 0.243 e. The van der Waals surface area contributed by atoms with Crippen molar-refractivity contribution in [2.75, 3.05) is 19.1 Å². The molecule has 0 aliphatic carbocycles. The van der Waals surface area contributed by atoms with Crippen LogP contribution in [0.5, 0.6) is 0 Å². The summed E-state index contributed by atoms with van der Waals surface area (Å²) in [5, 5.41) is 9.16. The number of thioether (sulfide) groups is 1. The lowest BCUT2D eigenvalue weighted by Gasteiger charge is -2.26. The molecule has 0 spiro atoms. The number of rotatable bonds is 7. The molecular formula is C14H22FNO3S2. The monoisotopic (exact) mass is 335 g/mol. The van der Waals surface area contributed by atoms with Crippen molar-refractivity contribution < 1.29 is 17.9 Å². The summed E-state index contributed by atoms with van der Waals surface area (Å²) in [6.45, 7) is 2.90. The van der Waals surface area contributed by atoms with E-state index in [0.717, 1.165) is 0 Å². The van der Waals surface area contributed by atoms with Crippen LogP contribution in [0.25, 0.3) is 0 Å². The number of aliphatic hydroxyl groups is 1. The zero-order valence-electron chi connectivity index (χ0n) is 12.8. The van der Waals surface area contributed by atoms with E-state index in [9.17, 15) is 12.8 Å². The quantitative estimate of drug-likeness (QED) is 0.831. The van der Waals surface area contributed by atoms with E-state index in [1.54, 1.807) is 11.8 Å². The average Bonchev–Trinajstić information content (AvgIpc) is 2.46. The molecule has 0 saturated carbocycles. The van der Waals surface area contributed by atoms with Crippen LogP contribution >= 0.6 is 11.8 Å². The molecule has 1 unspecified atom stereocenters. The summed E-state index contributed by atoms with van der Waals surface area (Å²) in [6, 6.07) is 2.40. The van der Waals surface area contributed by atoms with Gasteiger partial charge in [-0.15, -0.1) is 0 Å². The topological polar surface area (TPSA) is 57.6 Å². The van der Waals surface area contributed by atoms with Crippen LogP contribution in [0.15, 0.2) is 17.0 Å². The van der Waals surface area contributed by atoms with Crippen molar-refractivity contribution in [3.63, 3.8) is 0 Å². The second-order valence-corrected chi connectivity index (χ2v) is 7.82. The van der Waals surface area contributed by atoms with Crippen LogP contribution in [0, 0.1) is 12.7 Å². The highest BCUT2D eigenvalue weighted by molar-refractivity contribution is 7.98. The van der Waals surface area contributed by atoms with Gasteiger partial charge in [0.25, 0.3) is 0 Å². The number of halogens is 1. The first-order chi connectivity index (χ1) is 9.79. The Bertz CT molecular complexity index is 590. The first-order valence-corrected chi connectivity index (χ1v) is 9.49. The Hall–Kier alpha value is -0.630. The van der Waals surface area contributed by atoms with Crippen molar-refractivity contribution in [2.24, 2.45) is 0 Å². The van der Waals surface area contributed by atoms with E-state index in [1.807, 2.05) is 13.2 Å². The molecule has 1 rings (SSSR count). The van der Waals surface area contributed by atoms with E-state index in [2.05, 4.69) is 0 Å². The van der Waals surface area contributed by atoms with Crippen molar-refractivity contribution in [1.29, 1.82) is 0 Å². The molecule has 0 aromatic heterocycles. The highest BCUT2D eigenvalue weighted by atomic mass is 32.2. The Labute approximate surface area is 130 Å². The zero-order chi connectivity index (χ0) is 16.2. The second-order valence-electron chi connectivity index (χ2n) is 4.91. The van der Waals surface area contributed by atoms with Gasteiger partial charge in [-0.3, -0.25) is 0 Å². The molecule has 1 N–H and O–H groups in total. The molecule has 0 amide bonds. The van der Waals surface area contributed by atoms with Gasteiger partial charge in [0.15, 0.2) is 0 Å². The second kappa shape index (κ2) is 7.58. The number of benzene rings is 1. The van der Waals surface area contributed by atoms with E-state index in [1.165, 1.54) is 30.4 Å². The van der Waals surface area contributed by atoms with E-state index in [-0.39, 0.29) is 22.1 Å². The molecule has 0 bridgehead atoms. The van der Waals surface area contributed by atoms with Crippen LogP contribution < -0.4 is 0 Å². The van der Waals surface area contributed by atoms with Crippen LogP contribution in [0.2, 0.25) is 0 Å². The first-order valence-electron chi connectivity index (χ1n) is 6.66. The zero-order valence-corrected chi connectivity index (χ0v) is 14.4. The summed E-state index contributed by atoms with van der Waals surface area (Å²) in [4.78, 5) is 0.0208. The minimum Gasteiger partial charge on any atom is -0.392 e. The van der Waals surface area contributed by atoms with Crippen LogP contribution in [-0.2, 0) is 16.6 Å². The van der Waals surface area contributed by atoms with Crippen molar-refractivity contribution >= 4 is 21.8 Å². The SMILES string of the molecule is CCC(CSC)N(C)S(=O)(=O)c1cc(C)c(F)c(CO)c1. The van der Waals surface area contributed by atoms with Crippen molar-refractivity contribution in [3.05, 3.63) is 29.1 Å². The highest BCUT2D eigenvalue weighted by Gasteiger charge is 2.28. The number of nitrogens with zero attached hydrogens (tertiary/aromatic N) is 1. The predicted molar refractivity (Wildman–Crippen MR) is 84.5 cm³/mol. The third kappa shape index (κ3) is 3.97. The molecule has 0 aliphatic rings. The van der Waals surface area contributed by atoms with E-state index in [0.29, 0.717) is 12.2 Å². The maximum absolute atomic E-state index is 13.7. The van der Waals surface area contributed by atoms with Gasteiger partial charge in [0.1, 0.15) is 5.82 Å². The molecule has 120 valence electrons. The van der Waals surface area contributed by atoms with Gasteiger partial charge in [0.2, 0.25) is 10.0 Å². The fourth-order valence-electron chi connectivity index (χ4n) is 2.11. The molecular weight excluding hydrogens is 313 g/mol. The Morgan fingerprint density at radius 3 is 2.52 bits per heavy atom. The lowest BCUT2D eigenvalue weighted by atomic mass is 10.1. The molecule has 0 radical (unpaired) electrons. The first kappa shape index (κ1) is 18.4. The molecule has 7 heteroatoms. The fraction of sp³-hybridized carbons (Fsp3) is 0.571. The molecule has 0 heterocycles. The normalized spacial score (nSPS) is 13.7.